The van der Waals surface area contributed by atoms with Crippen molar-refractivity contribution >= 4 is 11.8 Å². The molecule has 2 rings (SSSR count). The number of amides is 2. The molecule has 19 heavy (non-hydrogen) atoms. The molecule has 0 unspecified atom stereocenters. The number of carbonyl (C=O) groups is 2. The fourth-order valence-corrected chi connectivity index (χ4v) is 3.07. The van der Waals surface area contributed by atoms with Gasteiger partial charge in [-0.15, -0.1) is 0 Å². The summed E-state index contributed by atoms with van der Waals surface area (Å²) in [5, 5.41) is 0. The summed E-state index contributed by atoms with van der Waals surface area (Å²) in [5.74, 6) is 0.271. The van der Waals surface area contributed by atoms with Crippen molar-refractivity contribution in [2.75, 3.05) is 13.1 Å². The van der Waals surface area contributed by atoms with Crippen molar-refractivity contribution in [3.63, 3.8) is 0 Å². The van der Waals surface area contributed by atoms with E-state index in [0.717, 1.165) is 38.8 Å². The maximum Gasteiger partial charge on any atom is 0.245 e. The van der Waals surface area contributed by atoms with Gasteiger partial charge >= 0.3 is 0 Å². The Labute approximate surface area is 115 Å². The number of carbonyl (C=O) groups excluding carboxylic acids is 2. The van der Waals surface area contributed by atoms with Crippen LogP contribution in [-0.2, 0) is 9.59 Å². The molecule has 106 valence electrons. The first kappa shape index (κ1) is 14.1. The lowest BCUT2D eigenvalue weighted by Gasteiger charge is -2.41. The molecule has 2 atom stereocenters. The summed E-state index contributed by atoms with van der Waals surface area (Å²) in [6.45, 7) is 5.45. The van der Waals surface area contributed by atoms with Crippen LogP contribution in [0.1, 0.15) is 46.0 Å². The average Bonchev–Trinajstić information content (AvgIpc) is 2.87. The normalized spacial score (nSPS) is 27.2. The predicted octanol–water partition coefficient (Wildman–Crippen LogP) is 1.95. The lowest BCUT2D eigenvalue weighted by atomic mass is 10.1. The Kier molecular flexibility index (Phi) is 4.61. The van der Waals surface area contributed by atoms with Crippen LogP contribution in [0.3, 0.4) is 0 Å². The molecule has 2 amide bonds. The zero-order chi connectivity index (χ0) is 13.8. The molecule has 0 aromatic rings. The molecule has 2 aliphatic rings. The lowest BCUT2D eigenvalue weighted by Crippen LogP contribution is -2.60. The van der Waals surface area contributed by atoms with Crippen LogP contribution in [0.25, 0.3) is 0 Å². The fourth-order valence-electron chi connectivity index (χ4n) is 3.07. The van der Waals surface area contributed by atoms with E-state index in [4.69, 9.17) is 0 Å². The fraction of sp³-hybridized carbons (Fsp3) is 0.733. The van der Waals surface area contributed by atoms with Crippen LogP contribution < -0.4 is 0 Å². The summed E-state index contributed by atoms with van der Waals surface area (Å²) >= 11 is 0. The standard InChI is InChI=1S/C15H24N2O2/c1-3-4-5-6-9-14(18)17-11-13-8-7-10-16(13)15(19)12(17)2/h3-4,12-13H,5-11H2,1-2H3/t12-,13+/m1/s1. The topological polar surface area (TPSA) is 40.6 Å². The van der Waals surface area contributed by atoms with Gasteiger partial charge in [0, 0.05) is 25.6 Å². The third-order valence-corrected chi connectivity index (χ3v) is 4.21. The van der Waals surface area contributed by atoms with Gasteiger partial charge in [-0.25, -0.2) is 0 Å². The Morgan fingerprint density at radius 1 is 1.47 bits per heavy atom. The van der Waals surface area contributed by atoms with Gasteiger partial charge in [-0.3, -0.25) is 9.59 Å². The zero-order valence-electron chi connectivity index (χ0n) is 12.0. The van der Waals surface area contributed by atoms with Gasteiger partial charge in [0.2, 0.25) is 11.8 Å². The maximum atomic E-state index is 12.2. The van der Waals surface area contributed by atoms with Crippen LogP contribution in [0, 0.1) is 0 Å². The first-order chi connectivity index (χ1) is 9.15. The number of allylic oxidation sites excluding steroid dienone is 2. The second-order valence-corrected chi connectivity index (χ2v) is 5.51. The molecule has 0 aromatic carbocycles. The molecule has 0 aromatic heterocycles. The second-order valence-electron chi connectivity index (χ2n) is 5.51. The minimum Gasteiger partial charge on any atom is -0.336 e. The van der Waals surface area contributed by atoms with Crippen LogP contribution >= 0.6 is 0 Å². The van der Waals surface area contributed by atoms with Crippen molar-refractivity contribution in [1.82, 2.24) is 9.80 Å². The highest BCUT2D eigenvalue weighted by Gasteiger charge is 2.41. The Bertz CT molecular complexity index is 378. The van der Waals surface area contributed by atoms with E-state index in [0.29, 0.717) is 6.42 Å². The number of piperazine rings is 1. The first-order valence-corrected chi connectivity index (χ1v) is 7.36. The molecule has 0 aliphatic carbocycles. The minimum atomic E-state index is -0.274. The molecular weight excluding hydrogens is 240 g/mol. The van der Waals surface area contributed by atoms with E-state index in [9.17, 15) is 9.59 Å². The molecule has 2 fully saturated rings. The molecule has 0 spiro atoms. The van der Waals surface area contributed by atoms with Crippen molar-refractivity contribution in [2.45, 2.75) is 58.0 Å². The van der Waals surface area contributed by atoms with Crippen LogP contribution in [0.4, 0.5) is 0 Å². The average molecular weight is 264 g/mol. The summed E-state index contributed by atoms with van der Waals surface area (Å²) in [7, 11) is 0. The molecule has 4 heteroatoms. The predicted molar refractivity (Wildman–Crippen MR) is 74.6 cm³/mol. The zero-order valence-corrected chi connectivity index (χ0v) is 12.0. The molecule has 2 heterocycles. The Morgan fingerprint density at radius 3 is 3.00 bits per heavy atom. The van der Waals surface area contributed by atoms with E-state index in [2.05, 4.69) is 6.08 Å². The Balaban J connectivity index is 1.91. The summed E-state index contributed by atoms with van der Waals surface area (Å²) in [4.78, 5) is 28.2. The number of fused-ring (bicyclic) bond motifs is 1. The SMILES string of the molecule is CC=CCCCC(=O)N1C[C@@H]2CCCN2C(=O)[C@H]1C. The van der Waals surface area contributed by atoms with E-state index in [1.165, 1.54) is 0 Å². The Hall–Kier alpha value is -1.32. The summed E-state index contributed by atoms with van der Waals surface area (Å²) in [5.41, 5.74) is 0. The van der Waals surface area contributed by atoms with Crippen molar-refractivity contribution in [1.29, 1.82) is 0 Å². The monoisotopic (exact) mass is 264 g/mol. The van der Waals surface area contributed by atoms with Crippen molar-refractivity contribution in [3.05, 3.63) is 12.2 Å². The number of nitrogens with zero attached hydrogens (tertiary/aromatic N) is 2. The van der Waals surface area contributed by atoms with Crippen LogP contribution in [-0.4, -0.2) is 46.8 Å². The highest BCUT2D eigenvalue weighted by Crippen LogP contribution is 2.26. The molecule has 0 bridgehead atoms. The van der Waals surface area contributed by atoms with Crippen LogP contribution in [0.5, 0.6) is 0 Å². The van der Waals surface area contributed by atoms with E-state index in [1.807, 2.05) is 24.8 Å². The summed E-state index contributed by atoms with van der Waals surface area (Å²) < 4.78 is 0. The number of hydrogen-bond acceptors (Lipinski definition) is 2. The van der Waals surface area contributed by atoms with E-state index in [1.54, 1.807) is 4.90 Å². The number of unbranched alkanes of at least 4 members (excludes halogenated alkanes) is 1. The summed E-state index contributed by atoms with van der Waals surface area (Å²) in [6, 6.07) is -0.00763. The van der Waals surface area contributed by atoms with E-state index < -0.39 is 0 Å². The molecule has 0 N–H and O–H groups in total. The minimum absolute atomic E-state index is 0.135. The van der Waals surface area contributed by atoms with Crippen molar-refractivity contribution < 1.29 is 9.59 Å². The van der Waals surface area contributed by atoms with Crippen molar-refractivity contribution in [2.24, 2.45) is 0 Å². The van der Waals surface area contributed by atoms with Crippen molar-refractivity contribution in [3.8, 4) is 0 Å². The Morgan fingerprint density at radius 2 is 2.26 bits per heavy atom. The number of hydrogen-bond donors (Lipinski definition) is 0. The second kappa shape index (κ2) is 6.22. The highest BCUT2D eigenvalue weighted by atomic mass is 16.2. The van der Waals surface area contributed by atoms with Gasteiger partial charge in [0.05, 0.1) is 0 Å². The molecule has 2 aliphatic heterocycles. The van der Waals surface area contributed by atoms with Crippen LogP contribution in [0.15, 0.2) is 12.2 Å². The van der Waals surface area contributed by atoms with E-state index in [-0.39, 0.29) is 23.9 Å². The van der Waals surface area contributed by atoms with Gasteiger partial charge < -0.3 is 9.80 Å². The smallest absolute Gasteiger partial charge is 0.245 e. The van der Waals surface area contributed by atoms with Gasteiger partial charge in [-0.2, -0.15) is 0 Å². The van der Waals surface area contributed by atoms with Gasteiger partial charge in [0.1, 0.15) is 6.04 Å². The van der Waals surface area contributed by atoms with Gasteiger partial charge in [-0.05, 0) is 39.5 Å². The number of rotatable bonds is 4. The van der Waals surface area contributed by atoms with Gasteiger partial charge in [0.25, 0.3) is 0 Å². The quantitative estimate of drug-likeness (QED) is 0.575. The molecule has 0 saturated carbocycles. The lowest BCUT2D eigenvalue weighted by molar-refractivity contribution is -0.152. The van der Waals surface area contributed by atoms with E-state index >= 15 is 0 Å². The maximum absolute atomic E-state index is 12.2. The molecule has 0 radical (unpaired) electrons. The first-order valence-electron chi connectivity index (χ1n) is 7.36. The third-order valence-electron chi connectivity index (χ3n) is 4.21. The largest absolute Gasteiger partial charge is 0.336 e. The summed E-state index contributed by atoms with van der Waals surface area (Å²) in [6.07, 6.45) is 8.57. The van der Waals surface area contributed by atoms with Gasteiger partial charge in [0.15, 0.2) is 0 Å². The highest BCUT2D eigenvalue weighted by molar-refractivity contribution is 5.89. The molecular formula is C15H24N2O2. The molecule has 2 saturated heterocycles. The third kappa shape index (κ3) is 2.99. The van der Waals surface area contributed by atoms with Crippen LogP contribution in [0.2, 0.25) is 0 Å². The molecule has 4 nitrogen and oxygen atoms in total. The van der Waals surface area contributed by atoms with Gasteiger partial charge in [-0.1, -0.05) is 12.2 Å².